The van der Waals surface area contributed by atoms with Gasteiger partial charge >= 0.3 is 0 Å². The largest absolute Gasteiger partial charge is 0.381 e. The van der Waals surface area contributed by atoms with Crippen molar-refractivity contribution in [1.82, 2.24) is 4.72 Å². The molecule has 2 fully saturated rings. The Kier molecular flexibility index (Phi) is 3.68. The van der Waals surface area contributed by atoms with Crippen molar-refractivity contribution in [3.63, 3.8) is 0 Å². The number of rotatable bonds is 5. The molecule has 4 nitrogen and oxygen atoms in total. The van der Waals surface area contributed by atoms with Crippen molar-refractivity contribution >= 4 is 21.4 Å². The molecule has 0 aromatic carbocycles. The minimum atomic E-state index is -3.10. The van der Waals surface area contributed by atoms with E-state index in [0.717, 1.165) is 25.7 Å². The van der Waals surface area contributed by atoms with Gasteiger partial charge in [-0.1, -0.05) is 0 Å². The Bertz CT molecular complexity index is 514. The van der Waals surface area contributed by atoms with Crippen LogP contribution in [-0.4, -0.2) is 33.4 Å². The molecule has 1 saturated carbocycles. The zero-order valence-electron chi connectivity index (χ0n) is 10.8. The van der Waals surface area contributed by atoms with Crippen molar-refractivity contribution in [2.45, 2.75) is 36.3 Å². The molecule has 0 atom stereocenters. The maximum atomic E-state index is 12.0. The number of nitrogens with one attached hydrogen (secondary N) is 1. The van der Waals surface area contributed by atoms with Gasteiger partial charge in [0.1, 0.15) is 0 Å². The quantitative estimate of drug-likeness (QED) is 0.903. The maximum absolute atomic E-state index is 12.0. The number of hydrogen-bond acceptors (Lipinski definition) is 4. The first-order valence-corrected chi connectivity index (χ1v) is 9.20. The number of thiophene rings is 1. The Morgan fingerprint density at radius 3 is 2.68 bits per heavy atom. The maximum Gasteiger partial charge on any atom is 0.214 e. The fourth-order valence-electron chi connectivity index (χ4n) is 2.63. The Balaban J connectivity index is 1.76. The van der Waals surface area contributed by atoms with Gasteiger partial charge in [-0.15, -0.1) is 0 Å². The van der Waals surface area contributed by atoms with E-state index >= 15 is 0 Å². The van der Waals surface area contributed by atoms with E-state index in [1.165, 1.54) is 5.56 Å². The Morgan fingerprint density at radius 1 is 1.37 bits per heavy atom. The van der Waals surface area contributed by atoms with Gasteiger partial charge in [0.15, 0.2) is 0 Å². The summed E-state index contributed by atoms with van der Waals surface area (Å²) in [6.45, 7) is 1.92. The van der Waals surface area contributed by atoms with Gasteiger partial charge in [-0.3, -0.25) is 0 Å². The predicted octanol–water partition coefficient (Wildman–Crippen LogP) is 1.88. The summed E-state index contributed by atoms with van der Waals surface area (Å²) in [5.74, 6) is 0. The van der Waals surface area contributed by atoms with E-state index in [4.69, 9.17) is 4.74 Å². The van der Waals surface area contributed by atoms with E-state index < -0.39 is 10.0 Å². The third-order valence-corrected chi connectivity index (χ3v) is 6.74. The van der Waals surface area contributed by atoms with Crippen molar-refractivity contribution in [3.8, 4) is 0 Å². The number of hydrogen-bond donors (Lipinski definition) is 1. The van der Waals surface area contributed by atoms with Gasteiger partial charge < -0.3 is 4.74 Å². The van der Waals surface area contributed by atoms with E-state index in [-0.39, 0.29) is 10.7 Å². The molecule has 2 heterocycles. The van der Waals surface area contributed by atoms with Gasteiger partial charge in [0.2, 0.25) is 10.0 Å². The van der Waals surface area contributed by atoms with Crippen LogP contribution < -0.4 is 4.72 Å². The average Bonchev–Trinajstić information content (AvgIpc) is 3.14. The van der Waals surface area contributed by atoms with Gasteiger partial charge in [-0.2, -0.15) is 11.3 Å². The van der Waals surface area contributed by atoms with Crippen molar-refractivity contribution in [1.29, 1.82) is 0 Å². The molecule has 0 bridgehead atoms. The Labute approximate surface area is 118 Å². The second-order valence-corrected chi connectivity index (χ2v) is 8.30. The predicted molar refractivity (Wildman–Crippen MR) is 76.0 cm³/mol. The first-order chi connectivity index (χ1) is 9.12. The molecule has 1 aliphatic carbocycles. The highest BCUT2D eigenvalue weighted by Crippen LogP contribution is 2.36. The van der Waals surface area contributed by atoms with Crippen molar-refractivity contribution in [2.75, 3.05) is 19.8 Å². The van der Waals surface area contributed by atoms with Crippen LogP contribution in [0.3, 0.4) is 0 Å². The number of sulfonamides is 1. The van der Waals surface area contributed by atoms with Crippen LogP contribution >= 0.6 is 11.3 Å². The molecular weight excluding hydrogens is 282 g/mol. The summed E-state index contributed by atoms with van der Waals surface area (Å²) in [4.78, 5) is 0. The van der Waals surface area contributed by atoms with Crippen LogP contribution in [0.15, 0.2) is 16.8 Å². The van der Waals surface area contributed by atoms with Crippen LogP contribution in [0.2, 0.25) is 0 Å². The molecule has 0 unspecified atom stereocenters. The summed E-state index contributed by atoms with van der Waals surface area (Å²) in [7, 11) is -3.10. The lowest BCUT2D eigenvalue weighted by atomic mass is 9.75. The lowest BCUT2D eigenvalue weighted by molar-refractivity contribution is 0.0518. The summed E-state index contributed by atoms with van der Waals surface area (Å²) in [6, 6.07) is 2.11. The van der Waals surface area contributed by atoms with Crippen molar-refractivity contribution in [3.05, 3.63) is 22.4 Å². The zero-order chi connectivity index (χ0) is 13.3. The van der Waals surface area contributed by atoms with Crippen LogP contribution in [0.4, 0.5) is 0 Å². The highest BCUT2D eigenvalue weighted by molar-refractivity contribution is 7.90. The normalized spacial score (nSPS) is 23.4. The molecule has 0 spiro atoms. The van der Waals surface area contributed by atoms with Crippen LogP contribution in [0, 0.1) is 0 Å². The van der Waals surface area contributed by atoms with Crippen LogP contribution in [0.25, 0.3) is 0 Å². The molecule has 0 radical (unpaired) electrons. The fraction of sp³-hybridized carbons (Fsp3) is 0.692. The van der Waals surface area contributed by atoms with E-state index in [1.807, 2.05) is 0 Å². The SMILES string of the molecule is O=S(=O)(NCC1(c2ccsc2)CCOCC1)C1CC1. The summed E-state index contributed by atoms with van der Waals surface area (Å²) < 4.78 is 32.3. The van der Waals surface area contributed by atoms with Crippen molar-refractivity contribution < 1.29 is 13.2 Å². The molecule has 2 aliphatic rings. The van der Waals surface area contributed by atoms with Gasteiger partial charge in [-0.05, 0) is 48.1 Å². The second-order valence-electron chi connectivity index (χ2n) is 5.47. The summed E-state index contributed by atoms with van der Waals surface area (Å²) in [5, 5.41) is 4.05. The smallest absolute Gasteiger partial charge is 0.214 e. The van der Waals surface area contributed by atoms with E-state index in [2.05, 4.69) is 21.5 Å². The molecular formula is C13H19NO3S2. The molecule has 3 rings (SSSR count). The summed E-state index contributed by atoms with van der Waals surface area (Å²) in [6.07, 6.45) is 3.39. The molecule has 19 heavy (non-hydrogen) atoms. The molecule has 106 valence electrons. The summed E-state index contributed by atoms with van der Waals surface area (Å²) >= 11 is 1.67. The monoisotopic (exact) mass is 301 g/mol. The minimum Gasteiger partial charge on any atom is -0.381 e. The second kappa shape index (κ2) is 5.16. The minimum absolute atomic E-state index is 0.0831. The molecule has 1 N–H and O–H groups in total. The van der Waals surface area contributed by atoms with Gasteiger partial charge in [-0.25, -0.2) is 13.1 Å². The van der Waals surface area contributed by atoms with Gasteiger partial charge in [0.25, 0.3) is 0 Å². The van der Waals surface area contributed by atoms with Crippen LogP contribution in [0.5, 0.6) is 0 Å². The molecule has 6 heteroatoms. The molecule has 1 aromatic rings. The first-order valence-electron chi connectivity index (χ1n) is 6.71. The van der Waals surface area contributed by atoms with Crippen molar-refractivity contribution in [2.24, 2.45) is 0 Å². The third-order valence-electron chi connectivity index (χ3n) is 4.16. The standard InChI is InChI=1S/C13H19NO3S2/c15-19(16,12-1-2-12)14-10-13(4-6-17-7-5-13)11-3-8-18-9-11/h3,8-9,12,14H,1-2,4-7,10H2. The lowest BCUT2D eigenvalue weighted by Gasteiger charge is -2.37. The highest BCUT2D eigenvalue weighted by Gasteiger charge is 2.40. The molecule has 0 amide bonds. The van der Waals surface area contributed by atoms with E-state index in [0.29, 0.717) is 19.8 Å². The number of ether oxygens (including phenoxy) is 1. The zero-order valence-corrected chi connectivity index (χ0v) is 12.4. The topological polar surface area (TPSA) is 55.4 Å². The molecule has 1 saturated heterocycles. The average molecular weight is 301 g/mol. The third kappa shape index (κ3) is 2.86. The summed E-state index contributed by atoms with van der Waals surface area (Å²) in [5.41, 5.74) is 1.17. The van der Waals surface area contributed by atoms with Gasteiger partial charge in [0, 0.05) is 25.2 Å². The Hall–Kier alpha value is -0.430. The van der Waals surface area contributed by atoms with Gasteiger partial charge in [0.05, 0.1) is 5.25 Å². The molecule has 1 aromatic heterocycles. The highest BCUT2D eigenvalue weighted by atomic mass is 32.2. The fourth-order valence-corrected chi connectivity index (χ4v) is 4.88. The van der Waals surface area contributed by atoms with Crippen LogP contribution in [-0.2, 0) is 20.2 Å². The van der Waals surface area contributed by atoms with E-state index in [9.17, 15) is 8.42 Å². The first kappa shape index (κ1) is 13.5. The molecule has 1 aliphatic heterocycles. The Morgan fingerprint density at radius 2 is 2.11 bits per heavy atom. The van der Waals surface area contributed by atoms with E-state index in [1.54, 1.807) is 11.3 Å². The lowest BCUT2D eigenvalue weighted by Crippen LogP contribution is -2.45. The van der Waals surface area contributed by atoms with Crippen LogP contribution in [0.1, 0.15) is 31.2 Å².